The number of halogens is 2. The second kappa shape index (κ2) is 28.3. The van der Waals surface area contributed by atoms with Crippen LogP contribution in [0.1, 0.15) is 98.8 Å². The third-order valence-electron chi connectivity index (χ3n) is 17.1. The lowest BCUT2D eigenvalue weighted by Crippen LogP contribution is -2.41. The molecule has 18 nitrogen and oxygen atoms in total. The number of carbonyl (C=O) groups excluding carboxylic acids is 1. The Morgan fingerprint density at radius 1 is 0.636 bits per heavy atom. The number of aromatic nitrogens is 4. The maximum Gasteiger partial charge on any atom is 0.494 e. The lowest BCUT2D eigenvalue weighted by atomic mass is 9.75. The molecule has 7 aromatic rings. The van der Waals surface area contributed by atoms with Crippen LogP contribution in [0.5, 0.6) is 0 Å². The Kier molecular flexibility index (Phi) is 20.6. The molecule has 5 aliphatic rings. The summed E-state index contributed by atoms with van der Waals surface area (Å²) in [5.74, 6) is 0.586. The highest BCUT2D eigenvalue weighted by Gasteiger charge is 2.52. The lowest BCUT2D eigenvalue weighted by molar-refractivity contribution is 0.00578. The predicted molar refractivity (Wildman–Crippen MR) is 345 cm³/mol. The van der Waals surface area contributed by atoms with Crippen LogP contribution in [0.4, 0.5) is 17.3 Å². The van der Waals surface area contributed by atoms with Crippen LogP contribution in [0.2, 0.25) is 5.02 Å². The number of anilines is 3. The van der Waals surface area contributed by atoms with E-state index in [4.69, 9.17) is 70.0 Å². The molecule has 21 heteroatoms. The monoisotopic (exact) mass is 1260 g/mol. The summed E-state index contributed by atoms with van der Waals surface area (Å²) in [6.45, 7) is 28.4. The van der Waals surface area contributed by atoms with E-state index in [0.29, 0.717) is 110 Å². The molecule has 0 unspecified atom stereocenters. The molecule has 12 rings (SSSR count). The van der Waals surface area contributed by atoms with Gasteiger partial charge in [0.25, 0.3) is 17.0 Å². The largest absolute Gasteiger partial charge is 0.494 e. The van der Waals surface area contributed by atoms with Gasteiger partial charge in [0.2, 0.25) is 0 Å². The zero-order chi connectivity index (χ0) is 62.5. The molecule has 450 valence electrons. The molecule has 2 aromatic heterocycles. The Morgan fingerprint density at radius 3 is 1.62 bits per heavy atom. The van der Waals surface area contributed by atoms with Crippen molar-refractivity contribution in [3.05, 3.63) is 188 Å². The van der Waals surface area contributed by atoms with Gasteiger partial charge in [0.1, 0.15) is 16.1 Å². The van der Waals surface area contributed by atoms with Gasteiger partial charge >= 0.3 is 7.12 Å². The van der Waals surface area contributed by atoms with E-state index in [1.54, 1.807) is 30.6 Å². The minimum absolute atomic E-state index is 0.103. The van der Waals surface area contributed by atoms with Crippen LogP contribution < -0.4 is 27.6 Å². The third kappa shape index (κ3) is 14.7. The molecule has 4 fully saturated rings. The first-order valence-corrected chi connectivity index (χ1v) is 30.3. The number of benzene rings is 5. The van der Waals surface area contributed by atoms with E-state index >= 15 is 0 Å². The molecule has 6 N–H and O–H groups in total. The zero-order valence-electron chi connectivity index (χ0n) is 49.7. The van der Waals surface area contributed by atoms with Crippen LogP contribution in [0.3, 0.4) is 0 Å². The fraction of sp³-hybridized carbons (Fsp3) is 0.358. The van der Waals surface area contributed by atoms with Gasteiger partial charge in [0, 0.05) is 64.8 Å². The van der Waals surface area contributed by atoms with Gasteiger partial charge in [0.05, 0.1) is 117 Å². The number of fused-ring (bicyclic) bond motifs is 1. The Labute approximate surface area is 528 Å². The van der Waals surface area contributed by atoms with E-state index in [1.807, 2.05) is 97.1 Å². The molecule has 0 radical (unpaired) electrons. The number of nitrogens with zero attached hydrogens (tertiary/aromatic N) is 8. The second-order valence-electron chi connectivity index (χ2n) is 23.0. The molecule has 0 atom stereocenters. The molecule has 4 saturated heterocycles. The van der Waals surface area contributed by atoms with Crippen molar-refractivity contribution in [2.24, 2.45) is 0 Å². The number of hydrogen-bond donors (Lipinski definition) is 4. The van der Waals surface area contributed by atoms with Crippen molar-refractivity contribution in [3.63, 3.8) is 0 Å². The van der Waals surface area contributed by atoms with Crippen LogP contribution in [0, 0.1) is 35.8 Å². The first-order chi connectivity index (χ1) is 42.4. The summed E-state index contributed by atoms with van der Waals surface area (Å²) < 4.78 is 29.0. The van der Waals surface area contributed by atoms with Crippen molar-refractivity contribution < 1.29 is 28.3 Å². The fourth-order valence-corrected chi connectivity index (χ4v) is 11.3. The topological polar surface area (TPSA) is 247 Å². The number of carbonyl (C=O) groups is 1. The number of nitrogens with two attached hydrogens (primary N) is 2. The molecule has 1 amide bonds. The number of nitriles is 2. The number of amides is 1. The summed E-state index contributed by atoms with van der Waals surface area (Å²) in [6.07, 6.45) is 8.13. The number of nitrogen functional groups attached to an aromatic ring is 2. The number of rotatable bonds is 8. The van der Waals surface area contributed by atoms with Crippen molar-refractivity contribution in [2.45, 2.75) is 100 Å². The molecular formula is C67H69BBrClN12O6. The normalized spacial score (nSPS) is 18.2. The van der Waals surface area contributed by atoms with E-state index in [-0.39, 0.29) is 24.2 Å². The van der Waals surface area contributed by atoms with E-state index < -0.39 is 16.5 Å². The summed E-state index contributed by atoms with van der Waals surface area (Å²) >= 11 is 8.92. The average molecular weight is 1260 g/mol. The van der Waals surface area contributed by atoms with Gasteiger partial charge in [-0.1, -0.05) is 103 Å². The molecule has 5 aromatic carbocycles. The Morgan fingerprint density at radius 2 is 1.11 bits per heavy atom. The molecule has 7 heterocycles. The van der Waals surface area contributed by atoms with E-state index in [9.17, 15) is 10.1 Å². The fourth-order valence-electron chi connectivity index (χ4n) is 10.8. The third-order valence-corrected chi connectivity index (χ3v) is 17.9. The lowest BCUT2D eigenvalue weighted by Gasteiger charge is -2.32. The first kappa shape index (κ1) is 64.2. The Bertz CT molecular complexity index is 3740. The Hall–Kier alpha value is -8.28. The highest BCUT2D eigenvalue weighted by molar-refractivity contribution is 9.10. The highest BCUT2D eigenvalue weighted by Crippen LogP contribution is 2.41. The van der Waals surface area contributed by atoms with Gasteiger partial charge in [-0.2, -0.15) is 10.5 Å². The molecule has 0 spiro atoms. The molecule has 0 saturated carbocycles. The summed E-state index contributed by atoms with van der Waals surface area (Å²) in [4.78, 5) is 37.7. The Balaban J connectivity index is 0.000000149. The molecule has 88 heavy (non-hydrogen) atoms. The number of hydrogen-bond acceptors (Lipinski definition) is 15. The summed E-state index contributed by atoms with van der Waals surface area (Å²) in [5, 5.41) is 25.0. The van der Waals surface area contributed by atoms with Crippen molar-refractivity contribution in [1.82, 2.24) is 25.3 Å². The van der Waals surface area contributed by atoms with Crippen molar-refractivity contribution >= 4 is 63.3 Å². The minimum atomic E-state index is -0.504. The molecule has 0 aliphatic carbocycles. The van der Waals surface area contributed by atoms with Crippen LogP contribution in [-0.2, 0) is 46.4 Å². The maximum atomic E-state index is 12.2. The summed E-state index contributed by atoms with van der Waals surface area (Å²) in [6, 6.07) is 41.4. The van der Waals surface area contributed by atoms with Gasteiger partial charge in [-0.05, 0) is 97.3 Å². The van der Waals surface area contributed by atoms with Crippen LogP contribution in [0.25, 0.3) is 43.5 Å². The van der Waals surface area contributed by atoms with Crippen LogP contribution in [0.15, 0.2) is 132 Å². The number of ether oxygens (including phenoxy) is 3. The van der Waals surface area contributed by atoms with E-state index in [1.165, 1.54) is 0 Å². The molecular weight excluding hydrogens is 1190 g/mol. The van der Waals surface area contributed by atoms with Gasteiger partial charge in [-0.15, -0.1) is 0 Å². The average Bonchev–Trinajstić information content (AvgIpc) is 1.81. The standard InChI is InChI=1S/C25H24N6O2.C18H24BNO3.C16H15BrN4O.C8H6ClN/c26-15-25(7-11-33-12-8-25)18-4-1-16(2-5-18)21-14-30-23(27)22(31-21)17-3-6-19-20(13-17)28-9-10-29-24(19)32;1-16(2)17(3,4)23-19(22-16)15-8-6-14(7-9-15)18(20-5)10-12-21-13-11-18;1-19-16(6-8-22-9-7-16)12-4-2-11(3-5-12)13-10-20-15(18)14(17)21-13;9-8-3-1-7(2-4-8)5-6-10/h1-6,13-14,28H,7-12H2,(H2,27,30)(H,29,32);6-9H,10-13H2,1-4H3;2-5,10H,6-9H2,(H2,18,20);1-4H,5H2. The van der Waals surface area contributed by atoms with Crippen molar-refractivity contribution in [2.75, 3.05) is 69.5 Å². The van der Waals surface area contributed by atoms with Gasteiger partial charge in [-0.3, -0.25) is 4.79 Å². The zero-order valence-corrected chi connectivity index (χ0v) is 52.1. The summed E-state index contributed by atoms with van der Waals surface area (Å²) in [5.41, 5.74) is 20.8. The maximum absolute atomic E-state index is 12.2. The highest BCUT2D eigenvalue weighted by atomic mass is 79.9. The van der Waals surface area contributed by atoms with E-state index in [0.717, 1.165) is 81.5 Å². The van der Waals surface area contributed by atoms with E-state index in [2.05, 4.69) is 91.0 Å². The SMILES string of the molecule is N#CC1(c2ccc(-c3cnc(N)c(-c4ccc5c(c4)NCCNC5=O)n3)cc2)CCOCC1.N#CCc1ccc(Cl)cc1.[C-]#[N+]C1(c2ccc(-c3cnc(N)c(Br)n3)cc2)CCOCC1.[C-]#[N+]C1(c2ccc(B3OC(C)(C)C(C)(C)O3)cc2)CCOCC1. The number of nitrogens with one attached hydrogen (secondary N) is 2. The van der Waals surface area contributed by atoms with Gasteiger partial charge < -0.3 is 55.3 Å². The predicted octanol–water partition coefficient (Wildman–Crippen LogP) is 11.9. The van der Waals surface area contributed by atoms with Gasteiger partial charge in [0.15, 0.2) is 5.82 Å². The first-order valence-electron chi connectivity index (χ1n) is 29.1. The summed E-state index contributed by atoms with van der Waals surface area (Å²) in [7, 11) is -0.354. The van der Waals surface area contributed by atoms with Gasteiger partial charge in [-0.25, -0.2) is 33.1 Å². The van der Waals surface area contributed by atoms with Crippen LogP contribution in [-0.4, -0.2) is 96.9 Å². The quantitative estimate of drug-likeness (QED) is 0.0816. The van der Waals surface area contributed by atoms with Crippen LogP contribution >= 0.6 is 27.5 Å². The minimum Gasteiger partial charge on any atom is -0.399 e. The molecule has 0 bridgehead atoms. The van der Waals surface area contributed by atoms with Crippen molar-refractivity contribution in [3.8, 4) is 45.9 Å². The smallest absolute Gasteiger partial charge is 0.399 e. The second-order valence-corrected chi connectivity index (χ2v) is 24.2. The van der Waals surface area contributed by atoms with Crippen molar-refractivity contribution in [1.29, 1.82) is 10.5 Å². The molecule has 5 aliphatic heterocycles.